The van der Waals surface area contributed by atoms with Crippen molar-refractivity contribution in [2.24, 2.45) is 5.92 Å². The molecule has 1 amide bonds. The predicted molar refractivity (Wildman–Crippen MR) is 98.4 cm³/mol. The highest BCUT2D eigenvalue weighted by molar-refractivity contribution is 6.34. The summed E-state index contributed by atoms with van der Waals surface area (Å²) in [7, 11) is 1.41. The van der Waals surface area contributed by atoms with Crippen molar-refractivity contribution in [3.8, 4) is 11.5 Å². The molecule has 4 nitrogen and oxygen atoms in total. The average molecular weight is 378 g/mol. The van der Waals surface area contributed by atoms with Gasteiger partial charge >= 0.3 is 0 Å². The van der Waals surface area contributed by atoms with E-state index < -0.39 is 5.82 Å². The Hall–Kier alpha value is -2.27. The highest BCUT2D eigenvalue weighted by Crippen LogP contribution is 2.30. The minimum atomic E-state index is -0.471. The molecule has 0 heterocycles. The number of carbonyl (C=O) groups is 1. The summed E-state index contributed by atoms with van der Waals surface area (Å²) in [6.07, 6.45) is 3.55. The van der Waals surface area contributed by atoms with Gasteiger partial charge in [0.2, 0.25) is 0 Å². The molecule has 0 atom stereocenters. The maximum atomic E-state index is 13.8. The maximum Gasteiger partial charge on any atom is 0.256 e. The van der Waals surface area contributed by atoms with Gasteiger partial charge in [-0.25, -0.2) is 4.39 Å². The molecule has 1 aliphatic rings. The Balaban J connectivity index is 1.67. The molecule has 3 rings (SSSR count). The van der Waals surface area contributed by atoms with Crippen molar-refractivity contribution in [1.29, 1.82) is 0 Å². The minimum absolute atomic E-state index is 0.165. The van der Waals surface area contributed by atoms with Crippen molar-refractivity contribution >= 4 is 17.5 Å². The van der Waals surface area contributed by atoms with Crippen molar-refractivity contribution in [1.82, 2.24) is 5.32 Å². The fraction of sp³-hybridized carbons (Fsp3) is 0.350. The third-order valence-electron chi connectivity index (χ3n) is 4.57. The lowest BCUT2D eigenvalue weighted by Crippen LogP contribution is -2.25. The van der Waals surface area contributed by atoms with E-state index in [1.807, 2.05) is 0 Å². The summed E-state index contributed by atoms with van der Waals surface area (Å²) in [5.41, 5.74) is 0.933. The number of ether oxygens (including phenoxy) is 2. The van der Waals surface area contributed by atoms with Crippen LogP contribution in [0.25, 0.3) is 0 Å². The quantitative estimate of drug-likeness (QED) is 0.767. The normalized spacial score (nSPS) is 13.8. The molecule has 0 bridgehead atoms. The number of carbonyl (C=O) groups excluding carboxylic acids is 1. The van der Waals surface area contributed by atoms with E-state index >= 15 is 0 Å². The molecule has 2 aromatic rings. The van der Waals surface area contributed by atoms with E-state index in [4.69, 9.17) is 21.1 Å². The Morgan fingerprint density at radius 1 is 1.27 bits per heavy atom. The number of hydrogen-bond acceptors (Lipinski definition) is 3. The first-order chi connectivity index (χ1) is 12.6. The van der Waals surface area contributed by atoms with E-state index in [1.54, 1.807) is 24.3 Å². The van der Waals surface area contributed by atoms with Gasteiger partial charge in [-0.1, -0.05) is 30.2 Å². The molecule has 0 aliphatic heterocycles. The standard InChI is InChI=1S/C20H21ClFNO3/c1-25-17-9-8-14(10-16(17)22)11-23-20(24)19-15(21)6-3-7-18(19)26-12-13-4-2-5-13/h3,6-10,13H,2,4-5,11-12H2,1H3,(H,23,24). The van der Waals surface area contributed by atoms with Crippen molar-refractivity contribution in [2.75, 3.05) is 13.7 Å². The van der Waals surface area contributed by atoms with Gasteiger partial charge in [0.1, 0.15) is 5.75 Å². The van der Waals surface area contributed by atoms with Crippen LogP contribution in [0.5, 0.6) is 11.5 Å². The third-order valence-corrected chi connectivity index (χ3v) is 4.89. The van der Waals surface area contributed by atoms with Gasteiger partial charge in [0.15, 0.2) is 11.6 Å². The lowest BCUT2D eigenvalue weighted by atomic mass is 9.86. The Morgan fingerprint density at radius 2 is 2.08 bits per heavy atom. The van der Waals surface area contributed by atoms with Gasteiger partial charge in [0.05, 0.1) is 24.3 Å². The topological polar surface area (TPSA) is 47.6 Å². The molecule has 26 heavy (non-hydrogen) atoms. The molecular weight excluding hydrogens is 357 g/mol. The summed E-state index contributed by atoms with van der Waals surface area (Å²) in [5, 5.41) is 3.09. The number of methoxy groups -OCH3 is 1. The van der Waals surface area contributed by atoms with Crippen LogP contribution in [0, 0.1) is 11.7 Å². The summed E-state index contributed by atoms with van der Waals surface area (Å²) in [6, 6.07) is 9.71. The van der Waals surface area contributed by atoms with Gasteiger partial charge in [0.25, 0.3) is 5.91 Å². The summed E-state index contributed by atoms with van der Waals surface area (Å²) < 4.78 is 24.5. The highest BCUT2D eigenvalue weighted by atomic mass is 35.5. The van der Waals surface area contributed by atoms with Crippen LogP contribution in [0.15, 0.2) is 36.4 Å². The molecule has 1 N–H and O–H groups in total. The second kappa shape index (κ2) is 8.41. The lowest BCUT2D eigenvalue weighted by Gasteiger charge is -2.25. The first-order valence-corrected chi connectivity index (χ1v) is 8.98. The Morgan fingerprint density at radius 3 is 2.73 bits per heavy atom. The van der Waals surface area contributed by atoms with Gasteiger partial charge in [-0.2, -0.15) is 0 Å². The summed E-state index contributed by atoms with van der Waals surface area (Å²) in [4.78, 5) is 12.6. The SMILES string of the molecule is COc1ccc(CNC(=O)c2c(Cl)cccc2OCC2CCC2)cc1F. The van der Waals surface area contributed by atoms with Crippen molar-refractivity contribution < 1.29 is 18.7 Å². The fourth-order valence-electron chi connectivity index (χ4n) is 2.80. The molecule has 0 radical (unpaired) electrons. The molecule has 2 aromatic carbocycles. The first kappa shape index (κ1) is 18.5. The average Bonchev–Trinajstić information content (AvgIpc) is 2.58. The van der Waals surface area contributed by atoms with Crippen molar-refractivity contribution in [3.05, 3.63) is 58.4 Å². The van der Waals surface area contributed by atoms with Crippen LogP contribution < -0.4 is 14.8 Å². The van der Waals surface area contributed by atoms with E-state index in [0.29, 0.717) is 34.4 Å². The molecule has 138 valence electrons. The Labute approximate surface area is 157 Å². The van der Waals surface area contributed by atoms with E-state index in [9.17, 15) is 9.18 Å². The number of hydrogen-bond donors (Lipinski definition) is 1. The summed E-state index contributed by atoms with van der Waals surface area (Å²) >= 11 is 6.22. The van der Waals surface area contributed by atoms with E-state index in [2.05, 4.69) is 5.32 Å². The van der Waals surface area contributed by atoms with Crippen LogP contribution in [0.1, 0.15) is 35.2 Å². The Kier molecular flexibility index (Phi) is 5.99. The summed E-state index contributed by atoms with van der Waals surface area (Å²) in [6.45, 7) is 0.761. The van der Waals surface area contributed by atoms with Gasteiger partial charge in [0, 0.05) is 6.54 Å². The van der Waals surface area contributed by atoms with E-state index in [-0.39, 0.29) is 18.2 Å². The smallest absolute Gasteiger partial charge is 0.256 e. The molecule has 1 aliphatic carbocycles. The third kappa shape index (κ3) is 4.28. The van der Waals surface area contributed by atoms with E-state index in [0.717, 1.165) is 12.8 Å². The number of rotatable bonds is 7. The Bertz CT molecular complexity index is 793. The van der Waals surface area contributed by atoms with Gasteiger partial charge in [-0.05, 0) is 48.6 Å². The van der Waals surface area contributed by atoms with E-state index in [1.165, 1.54) is 25.7 Å². The second-order valence-corrected chi connectivity index (χ2v) is 6.78. The van der Waals surface area contributed by atoms with Gasteiger partial charge < -0.3 is 14.8 Å². The molecule has 0 unspecified atom stereocenters. The lowest BCUT2D eigenvalue weighted by molar-refractivity contribution is 0.0944. The van der Waals surface area contributed by atoms with Crippen molar-refractivity contribution in [2.45, 2.75) is 25.8 Å². The number of amides is 1. The van der Waals surface area contributed by atoms with Crippen LogP contribution in [0.2, 0.25) is 5.02 Å². The van der Waals surface area contributed by atoms with Crippen LogP contribution in [-0.2, 0) is 6.54 Å². The van der Waals surface area contributed by atoms with Crippen LogP contribution in [0.3, 0.4) is 0 Å². The number of benzene rings is 2. The van der Waals surface area contributed by atoms with Gasteiger partial charge in [-0.3, -0.25) is 4.79 Å². The summed E-state index contributed by atoms with van der Waals surface area (Å²) in [5.74, 6) is 0.366. The van der Waals surface area contributed by atoms with Gasteiger partial charge in [-0.15, -0.1) is 0 Å². The zero-order valence-corrected chi connectivity index (χ0v) is 15.3. The molecule has 0 saturated heterocycles. The predicted octanol–water partition coefficient (Wildman–Crippen LogP) is 4.60. The van der Waals surface area contributed by atoms with Crippen LogP contribution in [-0.4, -0.2) is 19.6 Å². The second-order valence-electron chi connectivity index (χ2n) is 6.37. The molecular formula is C20H21ClFNO3. The molecule has 0 aromatic heterocycles. The fourth-order valence-corrected chi connectivity index (χ4v) is 3.05. The monoisotopic (exact) mass is 377 g/mol. The number of nitrogens with one attached hydrogen (secondary N) is 1. The maximum absolute atomic E-state index is 13.8. The minimum Gasteiger partial charge on any atom is -0.494 e. The van der Waals surface area contributed by atoms with Crippen LogP contribution in [0.4, 0.5) is 4.39 Å². The molecule has 0 spiro atoms. The number of halogens is 2. The highest BCUT2D eigenvalue weighted by Gasteiger charge is 2.21. The zero-order valence-electron chi connectivity index (χ0n) is 14.6. The first-order valence-electron chi connectivity index (χ1n) is 8.60. The largest absolute Gasteiger partial charge is 0.494 e. The van der Waals surface area contributed by atoms with Crippen molar-refractivity contribution in [3.63, 3.8) is 0 Å². The zero-order chi connectivity index (χ0) is 18.5. The molecule has 1 saturated carbocycles. The molecule has 6 heteroatoms. The molecule has 1 fully saturated rings. The van der Waals surface area contributed by atoms with Crippen LogP contribution >= 0.6 is 11.6 Å².